The first-order valence-electron chi connectivity index (χ1n) is 4.96. The maximum Gasteiger partial charge on any atom is 0.338 e. The lowest BCUT2D eigenvalue weighted by molar-refractivity contribution is 0.0692. The minimum absolute atomic E-state index is 0.173. The van der Waals surface area contributed by atoms with Crippen molar-refractivity contribution in [1.82, 2.24) is 10.2 Å². The summed E-state index contributed by atoms with van der Waals surface area (Å²) < 4.78 is 0. The van der Waals surface area contributed by atoms with Gasteiger partial charge in [-0.1, -0.05) is 29.5 Å². The Labute approximate surface area is 103 Å². The number of aromatic carboxylic acids is 1. The topological polar surface area (TPSA) is 63.1 Å². The van der Waals surface area contributed by atoms with Crippen LogP contribution in [0.1, 0.15) is 15.9 Å². The number of carboxylic acid groups (broad SMARTS) is 1. The predicted octanol–water partition coefficient (Wildman–Crippen LogP) is 2.63. The van der Waals surface area contributed by atoms with Gasteiger partial charge in [-0.25, -0.2) is 4.79 Å². The number of aromatic nitrogens is 2. The molecule has 0 fully saturated rings. The summed E-state index contributed by atoms with van der Waals surface area (Å²) in [6.45, 7) is 1.98. The molecule has 86 valence electrons. The highest BCUT2D eigenvalue weighted by atomic mass is 32.2. The van der Waals surface area contributed by atoms with Crippen LogP contribution in [0.4, 0.5) is 0 Å². The molecule has 0 aliphatic heterocycles. The first-order valence-corrected chi connectivity index (χ1v) is 5.78. The summed E-state index contributed by atoms with van der Waals surface area (Å²) in [4.78, 5) is 11.9. The summed E-state index contributed by atoms with van der Waals surface area (Å²) in [6.07, 6.45) is 1.38. The molecule has 1 heterocycles. The average Bonchev–Trinajstić information content (AvgIpc) is 2.29. The van der Waals surface area contributed by atoms with Crippen molar-refractivity contribution in [2.45, 2.75) is 16.8 Å². The van der Waals surface area contributed by atoms with Gasteiger partial charge < -0.3 is 5.11 Å². The zero-order valence-corrected chi connectivity index (χ0v) is 9.94. The van der Waals surface area contributed by atoms with Gasteiger partial charge in [0.05, 0.1) is 11.8 Å². The van der Waals surface area contributed by atoms with Crippen molar-refractivity contribution in [3.8, 4) is 0 Å². The summed E-state index contributed by atoms with van der Waals surface area (Å²) in [5, 5.41) is 17.0. The normalized spacial score (nSPS) is 10.2. The summed E-state index contributed by atoms with van der Waals surface area (Å²) in [7, 11) is 0. The molecule has 0 aliphatic carbocycles. The maximum atomic E-state index is 11.0. The van der Waals surface area contributed by atoms with E-state index in [-0.39, 0.29) is 5.56 Å². The molecule has 2 aromatic rings. The van der Waals surface area contributed by atoms with E-state index in [1.54, 1.807) is 0 Å². The lowest BCUT2D eigenvalue weighted by Gasteiger charge is -2.03. The van der Waals surface area contributed by atoms with Crippen LogP contribution in [0.5, 0.6) is 0 Å². The standard InChI is InChI=1S/C12H10N2O2S/c1-8-3-2-4-9(7-8)17-11-10(12(15)16)5-6-13-14-11/h2-7H,1H3,(H,15,16). The van der Waals surface area contributed by atoms with Gasteiger partial charge in [0.15, 0.2) is 0 Å². The minimum Gasteiger partial charge on any atom is -0.478 e. The van der Waals surface area contributed by atoms with Gasteiger partial charge in [0, 0.05) is 4.90 Å². The van der Waals surface area contributed by atoms with Crippen LogP contribution < -0.4 is 0 Å². The number of carbonyl (C=O) groups is 1. The quantitative estimate of drug-likeness (QED) is 0.902. The van der Waals surface area contributed by atoms with Gasteiger partial charge in [0.1, 0.15) is 5.03 Å². The Morgan fingerprint density at radius 1 is 1.35 bits per heavy atom. The fourth-order valence-electron chi connectivity index (χ4n) is 1.35. The van der Waals surface area contributed by atoms with Gasteiger partial charge in [-0.2, -0.15) is 5.10 Å². The van der Waals surface area contributed by atoms with Crippen molar-refractivity contribution in [2.75, 3.05) is 0 Å². The third-order valence-corrected chi connectivity index (χ3v) is 3.11. The molecular formula is C12H10N2O2S. The Hall–Kier alpha value is -1.88. The largest absolute Gasteiger partial charge is 0.478 e. The molecule has 0 radical (unpaired) electrons. The predicted molar refractivity (Wildman–Crippen MR) is 64.3 cm³/mol. The third-order valence-electron chi connectivity index (χ3n) is 2.12. The number of benzene rings is 1. The molecule has 0 bridgehead atoms. The molecule has 17 heavy (non-hydrogen) atoms. The smallest absolute Gasteiger partial charge is 0.338 e. The Morgan fingerprint density at radius 3 is 2.88 bits per heavy atom. The van der Waals surface area contributed by atoms with E-state index in [1.807, 2.05) is 31.2 Å². The average molecular weight is 246 g/mol. The second-order valence-electron chi connectivity index (χ2n) is 3.47. The van der Waals surface area contributed by atoms with Gasteiger partial charge in [-0.05, 0) is 25.1 Å². The number of rotatable bonds is 3. The van der Waals surface area contributed by atoms with Crippen LogP contribution in [0, 0.1) is 6.92 Å². The van der Waals surface area contributed by atoms with E-state index in [0.29, 0.717) is 5.03 Å². The Balaban J connectivity index is 2.33. The van der Waals surface area contributed by atoms with Gasteiger partial charge in [-0.15, -0.1) is 5.10 Å². The first kappa shape index (κ1) is 11.6. The number of nitrogens with zero attached hydrogens (tertiary/aromatic N) is 2. The minimum atomic E-state index is -0.991. The Bertz CT molecular complexity index is 558. The van der Waals surface area contributed by atoms with Gasteiger partial charge >= 0.3 is 5.97 Å². The second-order valence-corrected chi connectivity index (χ2v) is 4.54. The zero-order chi connectivity index (χ0) is 12.3. The summed E-state index contributed by atoms with van der Waals surface area (Å²) in [5.41, 5.74) is 1.29. The van der Waals surface area contributed by atoms with Crippen LogP contribution in [0.25, 0.3) is 0 Å². The van der Waals surface area contributed by atoms with Crippen molar-refractivity contribution < 1.29 is 9.90 Å². The number of hydrogen-bond acceptors (Lipinski definition) is 4. The molecule has 0 saturated heterocycles. The summed E-state index contributed by atoms with van der Waals surface area (Å²) in [6, 6.07) is 9.25. The molecule has 2 rings (SSSR count). The molecule has 0 atom stereocenters. The molecule has 5 heteroatoms. The number of carboxylic acids is 1. The van der Waals surface area contributed by atoms with Crippen LogP contribution >= 0.6 is 11.8 Å². The van der Waals surface area contributed by atoms with Crippen molar-refractivity contribution in [3.05, 3.63) is 47.7 Å². The summed E-state index contributed by atoms with van der Waals surface area (Å²) >= 11 is 1.30. The fourth-order valence-corrected chi connectivity index (χ4v) is 2.32. The van der Waals surface area contributed by atoms with Crippen LogP contribution in [0.3, 0.4) is 0 Å². The van der Waals surface area contributed by atoms with Crippen LogP contribution in [-0.4, -0.2) is 21.3 Å². The van der Waals surface area contributed by atoms with Gasteiger partial charge in [0.2, 0.25) is 0 Å². The van der Waals surface area contributed by atoms with Crippen molar-refractivity contribution in [2.24, 2.45) is 0 Å². The highest BCUT2D eigenvalue weighted by Crippen LogP contribution is 2.28. The highest BCUT2D eigenvalue weighted by molar-refractivity contribution is 7.99. The second kappa shape index (κ2) is 4.97. The van der Waals surface area contributed by atoms with Gasteiger partial charge in [0.25, 0.3) is 0 Å². The van der Waals surface area contributed by atoms with Crippen LogP contribution in [-0.2, 0) is 0 Å². The van der Waals surface area contributed by atoms with E-state index in [0.717, 1.165) is 10.5 Å². The highest BCUT2D eigenvalue weighted by Gasteiger charge is 2.12. The third kappa shape index (κ3) is 2.82. The maximum absolute atomic E-state index is 11.0. The van der Waals surface area contributed by atoms with E-state index < -0.39 is 5.97 Å². The van der Waals surface area contributed by atoms with Crippen molar-refractivity contribution in [1.29, 1.82) is 0 Å². The molecule has 1 aromatic heterocycles. The van der Waals surface area contributed by atoms with E-state index in [9.17, 15) is 4.79 Å². The monoisotopic (exact) mass is 246 g/mol. The molecule has 4 nitrogen and oxygen atoms in total. The Morgan fingerprint density at radius 2 is 2.18 bits per heavy atom. The van der Waals surface area contributed by atoms with Crippen molar-refractivity contribution in [3.63, 3.8) is 0 Å². The van der Waals surface area contributed by atoms with Gasteiger partial charge in [-0.3, -0.25) is 0 Å². The van der Waals surface area contributed by atoms with Crippen LogP contribution in [0.2, 0.25) is 0 Å². The Kier molecular flexibility index (Phi) is 3.39. The first-order chi connectivity index (χ1) is 8.16. The molecule has 0 amide bonds. The summed E-state index contributed by atoms with van der Waals surface area (Å²) in [5.74, 6) is -0.991. The molecule has 1 N–H and O–H groups in total. The van der Waals surface area contributed by atoms with E-state index in [1.165, 1.54) is 24.0 Å². The SMILES string of the molecule is Cc1cccc(Sc2nnccc2C(=O)O)c1. The molecular weight excluding hydrogens is 236 g/mol. The van der Waals surface area contributed by atoms with E-state index >= 15 is 0 Å². The molecule has 0 aliphatic rings. The molecule has 0 unspecified atom stereocenters. The van der Waals surface area contributed by atoms with E-state index in [4.69, 9.17) is 5.11 Å². The molecule has 1 aromatic carbocycles. The lowest BCUT2D eigenvalue weighted by atomic mass is 10.2. The zero-order valence-electron chi connectivity index (χ0n) is 9.12. The molecule has 0 spiro atoms. The van der Waals surface area contributed by atoms with Crippen molar-refractivity contribution >= 4 is 17.7 Å². The fraction of sp³-hybridized carbons (Fsp3) is 0.0833. The lowest BCUT2D eigenvalue weighted by Crippen LogP contribution is -2.01. The number of aryl methyl sites for hydroxylation is 1. The molecule has 0 saturated carbocycles. The number of hydrogen-bond donors (Lipinski definition) is 1. The van der Waals surface area contributed by atoms with Crippen LogP contribution in [0.15, 0.2) is 46.5 Å². The van der Waals surface area contributed by atoms with E-state index in [2.05, 4.69) is 10.2 Å².